The molecular weight excluding hydrogens is 360 g/mol. The van der Waals surface area contributed by atoms with E-state index in [1.165, 1.54) is 21.3 Å². The van der Waals surface area contributed by atoms with Crippen LogP contribution in [0.5, 0.6) is 17.2 Å². The molecule has 0 aromatic heterocycles. The number of nitrogens with one attached hydrogen (secondary N) is 2. The van der Waals surface area contributed by atoms with E-state index in [2.05, 4.69) is 10.9 Å². The third-order valence-electron chi connectivity index (χ3n) is 3.57. The zero-order valence-corrected chi connectivity index (χ0v) is 15.3. The minimum absolute atomic E-state index is 0.0354. The maximum Gasteiger partial charge on any atom is 0.271 e. The first kappa shape index (κ1) is 19.4. The molecule has 0 radical (unpaired) electrons. The predicted molar refractivity (Wildman–Crippen MR) is 96.9 cm³/mol. The molecule has 0 saturated carbocycles. The maximum absolute atomic E-state index is 12.2. The van der Waals surface area contributed by atoms with Crippen LogP contribution in [0.4, 0.5) is 0 Å². The molecule has 138 valence electrons. The van der Waals surface area contributed by atoms with E-state index in [1.54, 1.807) is 36.4 Å². The van der Waals surface area contributed by atoms with E-state index in [1.807, 2.05) is 0 Å². The lowest BCUT2D eigenvalue weighted by atomic mass is 10.1. The fourth-order valence-electron chi connectivity index (χ4n) is 2.36. The fourth-order valence-corrected chi connectivity index (χ4v) is 2.58. The third-order valence-corrected chi connectivity index (χ3v) is 3.90. The number of ether oxygens (including phenoxy) is 3. The Morgan fingerprint density at radius 3 is 2.23 bits per heavy atom. The van der Waals surface area contributed by atoms with Gasteiger partial charge in [0.2, 0.25) is 11.7 Å². The molecule has 0 aliphatic carbocycles. The molecule has 8 heteroatoms. The number of carbonyl (C=O) groups excluding carboxylic acids is 2. The van der Waals surface area contributed by atoms with Crippen LogP contribution in [0.2, 0.25) is 5.02 Å². The SMILES string of the molecule is COc1ccc(CC(=O)NNC(=O)c2ccccc2Cl)c(OC)c1OC. The Morgan fingerprint density at radius 1 is 0.923 bits per heavy atom. The van der Waals surface area contributed by atoms with Crippen LogP contribution in [0, 0.1) is 0 Å². The van der Waals surface area contributed by atoms with E-state index < -0.39 is 11.8 Å². The molecule has 2 rings (SSSR count). The molecule has 0 heterocycles. The number of hydrogen-bond donors (Lipinski definition) is 2. The van der Waals surface area contributed by atoms with Gasteiger partial charge in [0, 0.05) is 5.56 Å². The van der Waals surface area contributed by atoms with Crippen LogP contribution in [-0.2, 0) is 11.2 Å². The number of amides is 2. The molecule has 0 aliphatic heterocycles. The minimum Gasteiger partial charge on any atom is -0.493 e. The van der Waals surface area contributed by atoms with Crippen molar-refractivity contribution in [2.24, 2.45) is 0 Å². The summed E-state index contributed by atoms with van der Waals surface area (Å²) in [4.78, 5) is 24.2. The number of hydrogen-bond acceptors (Lipinski definition) is 5. The van der Waals surface area contributed by atoms with Crippen molar-refractivity contribution in [3.05, 3.63) is 52.5 Å². The Balaban J connectivity index is 2.06. The summed E-state index contributed by atoms with van der Waals surface area (Å²) in [5, 5.41) is 0.292. The summed E-state index contributed by atoms with van der Waals surface area (Å²) in [6.45, 7) is 0. The van der Waals surface area contributed by atoms with Crippen LogP contribution < -0.4 is 25.1 Å². The summed E-state index contributed by atoms with van der Waals surface area (Å²) in [5.41, 5.74) is 5.52. The number of benzene rings is 2. The lowest BCUT2D eigenvalue weighted by Crippen LogP contribution is -2.42. The first-order chi connectivity index (χ1) is 12.5. The average molecular weight is 379 g/mol. The van der Waals surface area contributed by atoms with Gasteiger partial charge in [-0.15, -0.1) is 0 Å². The topological polar surface area (TPSA) is 85.9 Å². The van der Waals surface area contributed by atoms with Crippen LogP contribution in [0.25, 0.3) is 0 Å². The van der Waals surface area contributed by atoms with Crippen LogP contribution >= 0.6 is 11.6 Å². The fraction of sp³-hybridized carbons (Fsp3) is 0.222. The Morgan fingerprint density at radius 2 is 1.62 bits per heavy atom. The summed E-state index contributed by atoms with van der Waals surface area (Å²) in [6.07, 6.45) is -0.0354. The highest BCUT2D eigenvalue weighted by Gasteiger charge is 2.18. The van der Waals surface area contributed by atoms with E-state index in [0.717, 1.165) is 0 Å². The minimum atomic E-state index is -0.511. The van der Waals surface area contributed by atoms with Gasteiger partial charge in [0.1, 0.15) is 0 Å². The highest BCUT2D eigenvalue weighted by molar-refractivity contribution is 6.33. The van der Waals surface area contributed by atoms with Gasteiger partial charge in [-0.3, -0.25) is 20.4 Å². The second kappa shape index (κ2) is 8.96. The van der Waals surface area contributed by atoms with E-state index in [9.17, 15) is 9.59 Å². The number of methoxy groups -OCH3 is 3. The van der Waals surface area contributed by atoms with Crippen molar-refractivity contribution in [2.45, 2.75) is 6.42 Å². The zero-order valence-electron chi connectivity index (χ0n) is 14.6. The first-order valence-corrected chi connectivity index (χ1v) is 8.01. The number of hydrazine groups is 1. The van der Waals surface area contributed by atoms with Gasteiger partial charge in [0.15, 0.2) is 11.5 Å². The molecule has 0 aliphatic rings. The second-order valence-corrected chi connectivity index (χ2v) is 5.56. The second-order valence-electron chi connectivity index (χ2n) is 5.15. The van der Waals surface area contributed by atoms with E-state index in [4.69, 9.17) is 25.8 Å². The summed E-state index contributed by atoms with van der Waals surface area (Å²) in [7, 11) is 4.46. The van der Waals surface area contributed by atoms with Crippen molar-refractivity contribution in [1.82, 2.24) is 10.9 Å². The quantitative estimate of drug-likeness (QED) is 0.754. The maximum atomic E-state index is 12.2. The summed E-state index contributed by atoms with van der Waals surface area (Å²) in [6, 6.07) is 9.90. The summed E-state index contributed by atoms with van der Waals surface area (Å²) < 4.78 is 15.8. The molecule has 0 bridgehead atoms. The Hall–Kier alpha value is -2.93. The van der Waals surface area contributed by atoms with Gasteiger partial charge in [-0.1, -0.05) is 29.8 Å². The van der Waals surface area contributed by atoms with E-state index in [0.29, 0.717) is 27.8 Å². The lowest BCUT2D eigenvalue weighted by molar-refractivity contribution is -0.121. The molecule has 0 saturated heterocycles. The molecule has 26 heavy (non-hydrogen) atoms. The Kier molecular flexibility index (Phi) is 6.68. The molecular formula is C18H19ClN2O5. The molecule has 0 unspecified atom stereocenters. The van der Waals surface area contributed by atoms with Gasteiger partial charge in [0.05, 0.1) is 38.3 Å². The summed E-state index contributed by atoms with van der Waals surface area (Å²) in [5.74, 6) is 0.319. The molecule has 0 spiro atoms. The van der Waals surface area contributed by atoms with Gasteiger partial charge in [-0.05, 0) is 18.2 Å². The van der Waals surface area contributed by atoms with Crippen molar-refractivity contribution in [3.8, 4) is 17.2 Å². The molecule has 0 atom stereocenters. The summed E-state index contributed by atoms with van der Waals surface area (Å²) >= 11 is 5.95. The van der Waals surface area contributed by atoms with Gasteiger partial charge >= 0.3 is 0 Å². The van der Waals surface area contributed by atoms with Crippen LogP contribution in [-0.4, -0.2) is 33.1 Å². The van der Waals surface area contributed by atoms with Crippen LogP contribution in [0.15, 0.2) is 36.4 Å². The average Bonchev–Trinajstić information content (AvgIpc) is 2.65. The normalized spacial score (nSPS) is 10.0. The highest BCUT2D eigenvalue weighted by Crippen LogP contribution is 2.39. The molecule has 0 fully saturated rings. The van der Waals surface area contributed by atoms with Crippen molar-refractivity contribution in [2.75, 3.05) is 21.3 Å². The molecule has 2 aromatic carbocycles. The monoisotopic (exact) mass is 378 g/mol. The molecule has 7 nitrogen and oxygen atoms in total. The number of halogens is 1. The largest absolute Gasteiger partial charge is 0.493 e. The highest BCUT2D eigenvalue weighted by atomic mass is 35.5. The van der Waals surface area contributed by atoms with E-state index in [-0.39, 0.29) is 12.0 Å². The van der Waals surface area contributed by atoms with Crippen LogP contribution in [0.1, 0.15) is 15.9 Å². The Bertz CT molecular complexity index is 810. The van der Waals surface area contributed by atoms with Crippen molar-refractivity contribution in [1.29, 1.82) is 0 Å². The van der Waals surface area contributed by atoms with Crippen molar-refractivity contribution < 1.29 is 23.8 Å². The molecule has 2 N–H and O–H groups in total. The van der Waals surface area contributed by atoms with Crippen LogP contribution in [0.3, 0.4) is 0 Å². The lowest BCUT2D eigenvalue weighted by Gasteiger charge is -2.15. The molecule has 2 amide bonds. The number of rotatable bonds is 6. The van der Waals surface area contributed by atoms with Gasteiger partial charge in [-0.25, -0.2) is 0 Å². The number of carbonyl (C=O) groups is 2. The first-order valence-electron chi connectivity index (χ1n) is 7.63. The molecule has 2 aromatic rings. The Labute approximate surface area is 156 Å². The van der Waals surface area contributed by atoms with Gasteiger partial charge < -0.3 is 14.2 Å². The smallest absolute Gasteiger partial charge is 0.271 e. The van der Waals surface area contributed by atoms with Gasteiger partial charge in [-0.2, -0.15) is 0 Å². The van der Waals surface area contributed by atoms with Crippen molar-refractivity contribution >= 4 is 23.4 Å². The van der Waals surface area contributed by atoms with Gasteiger partial charge in [0.25, 0.3) is 5.91 Å². The standard InChI is InChI=1S/C18H19ClN2O5/c1-24-14-9-8-11(16(25-2)17(14)26-3)10-15(22)20-21-18(23)12-6-4-5-7-13(12)19/h4-9H,10H2,1-3H3,(H,20,22)(H,21,23). The van der Waals surface area contributed by atoms with E-state index >= 15 is 0 Å². The predicted octanol–water partition coefficient (Wildman–Crippen LogP) is 2.37. The zero-order chi connectivity index (χ0) is 19.1. The third kappa shape index (κ3) is 4.37. The van der Waals surface area contributed by atoms with Crippen molar-refractivity contribution in [3.63, 3.8) is 0 Å².